The van der Waals surface area contributed by atoms with E-state index in [9.17, 15) is 9.18 Å². The minimum Gasteiger partial charge on any atom is -0.348 e. The average Bonchev–Trinajstić information content (AvgIpc) is 2.92. The van der Waals surface area contributed by atoms with Crippen molar-refractivity contribution in [2.24, 2.45) is 7.05 Å². The van der Waals surface area contributed by atoms with Crippen molar-refractivity contribution in [1.82, 2.24) is 14.9 Å². The monoisotopic (exact) mass is 333 g/mol. The van der Waals surface area contributed by atoms with E-state index in [0.29, 0.717) is 5.56 Å². The average molecular weight is 333 g/mol. The maximum Gasteiger partial charge on any atom is 0.251 e. The van der Waals surface area contributed by atoms with Gasteiger partial charge >= 0.3 is 0 Å². The molecule has 25 heavy (non-hydrogen) atoms. The number of rotatable bonds is 3. The number of carbonyl (C=O) groups is 1. The highest BCUT2D eigenvalue weighted by atomic mass is 19.1. The first-order valence-corrected chi connectivity index (χ1v) is 7.98. The fourth-order valence-corrected chi connectivity index (χ4v) is 3.12. The maximum absolute atomic E-state index is 13.2. The van der Waals surface area contributed by atoms with Crippen LogP contribution in [0.15, 0.2) is 60.9 Å². The van der Waals surface area contributed by atoms with Gasteiger partial charge in [0.2, 0.25) is 0 Å². The third kappa shape index (κ3) is 2.74. The molecule has 0 saturated heterocycles. The Morgan fingerprint density at radius 2 is 1.96 bits per heavy atom. The molecule has 5 heteroatoms. The second kappa shape index (κ2) is 6.02. The molecule has 2 heterocycles. The lowest BCUT2D eigenvalue weighted by Gasteiger charge is -2.06. The second-order valence-electron chi connectivity index (χ2n) is 6.00. The zero-order chi connectivity index (χ0) is 17.4. The summed E-state index contributed by atoms with van der Waals surface area (Å²) < 4.78 is 15.2. The number of amides is 1. The molecule has 0 unspecified atom stereocenters. The van der Waals surface area contributed by atoms with Gasteiger partial charge in [0.05, 0.1) is 11.7 Å². The molecule has 0 aliphatic heterocycles. The van der Waals surface area contributed by atoms with Crippen LogP contribution in [0, 0.1) is 5.82 Å². The fourth-order valence-electron chi connectivity index (χ4n) is 3.12. The molecule has 0 spiro atoms. The topological polar surface area (TPSA) is 46.9 Å². The number of halogens is 1. The van der Waals surface area contributed by atoms with E-state index in [1.807, 2.05) is 42.1 Å². The van der Waals surface area contributed by atoms with Crippen molar-refractivity contribution in [2.45, 2.75) is 6.54 Å². The van der Waals surface area contributed by atoms with Crippen molar-refractivity contribution in [1.29, 1.82) is 0 Å². The molecule has 4 nitrogen and oxygen atoms in total. The molecule has 1 N–H and O–H groups in total. The summed E-state index contributed by atoms with van der Waals surface area (Å²) in [7, 11) is 1.96. The van der Waals surface area contributed by atoms with Gasteiger partial charge in [-0.25, -0.2) is 4.39 Å². The second-order valence-corrected chi connectivity index (χ2v) is 6.00. The van der Waals surface area contributed by atoms with E-state index in [2.05, 4.69) is 10.3 Å². The molecule has 0 bridgehead atoms. The van der Waals surface area contributed by atoms with Crippen LogP contribution in [-0.4, -0.2) is 15.5 Å². The SMILES string of the molecule is Cn1c2cnccc2c2ccc(C(=O)NCc3cccc(F)c3)cc21. The van der Waals surface area contributed by atoms with Gasteiger partial charge in [-0.05, 0) is 35.9 Å². The van der Waals surface area contributed by atoms with Gasteiger partial charge < -0.3 is 9.88 Å². The molecular formula is C20H16FN3O. The van der Waals surface area contributed by atoms with Crippen LogP contribution >= 0.6 is 0 Å². The molecule has 1 amide bonds. The van der Waals surface area contributed by atoms with Crippen molar-refractivity contribution >= 4 is 27.7 Å². The summed E-state index contributed by atoms with van der Waals surface area (Å²) in [5, 5.41) is 5.03. The van der Waals surface area contributed by atoms with Crippen molar-refractivity contribution < 1.29 is 9.18 Å². The van der Waals surface area contributed by atoms with E-state index < -0.39 is 0 Å². The summed E-state index contributed by atoms with van der Waals surface area (Å²) in [4.78, 5) is 16.6. The van der Waals surface area contributed by atoms with E-state index in [4.69, 9.17) is 0 Å². The summed E-state index contributed by atoms with van der Waals surface area (Å²) in [5.74, 6) is -0.494. The number of aromatic nitrogens is 2. The zero-order valence-electron chi connectivity index (χ0n) is 13.7. The van der Waals surface area contributed by atoms with Gasteiger partial charge in [-0.1, -0.05) is 18.2 Å². The van der Waals surface area contributed by atoms with Gasteiger partial charge in [-0.3, -0.25) is 9.78 Å². The largest absolute Gasteiger partial charge is 0.348 e. The van der Waals surface area contributed by atoms with Gasteiger partial charge in [-0.15, -0.1) is 0 Å². The number of nitrogens with one attached hydrogen (secondary N) is 1. The highest BCUT2D eigenvalue weighted by Crippen LogP contribution is 2.27. The smallest absolute Gasteiger partial charge is 0.251 e. The third-order valence-corrected chi connectivity index (χ3v) is 4.41. The summed E-state index contributed by atoms with van der Waals surface area (Å²) in [5.41, 5.74) is 3.30. The Labute approximate surface area is 143 Å². The number of carbonyl (C=O) groups excluding carboxylic acids is 1. The lowest BCUT2D eigenvalue weighted by Crippen LogP contribution is -2.22. The van der Waals surface area contributed by atoms with Crippen LogP contribution in [0.2, 0.25) is 0 Å². The molecule has 0 aliphatic rings. The Kier molecular flexibility index (Phi) is 3.69. The summed E-state index contributed by atoms with van der Waals surface area (Å²) in [6, 6.07) is 13.8. The number of pyridine rings is 1. The van der Waals surface area contributed by atoms with E-state index in [1.165, 1.54) is 12.1 Å². The maximum atomic E-state index is 13.2. The normalized spacial score (nSPS) is 11.1. The van der Waals surface area contributed by atoms with Gasteiger partial charge in [0, 0.05) is 41.6 Å². The van der Waals surface area contributed by atoms with Gasteiger partial charge in [-0.2, -0.15) is 0 Å². The highest BCUT2D eigenvalue weighted by molar-refractivity contribution is 6.09. The van der Waals surface area contributed by atoms with Crippen LogP contribution in [-0.2, 0) is 13.6 Å². The molecule has 0 radical (unpaired) electrons. The molecule has 0 atom stereocenters. The Morgan fingerprint density at radius 1 is 1.12 bits per heavy atom. The van der Waals surface area contributed by atoms with E-state index >= 15 is 0 Å². The molecule has 124 valence electrons. The molecular weight excluding hydrogens is 317 g/mol. The summed E-state index contributed by atoms with van der Waals surface area (Å²) >= 11 is 0. The Balaban J connectivity index is 1.64. The lowest BCUT2D eigenvalue weighted by atomic mass is 10.1. The Morgan fingerprint density at radius 3 is 2.80 bits per heavy atom. The predicted molar refractivity (Wildman–Crippen MR) is 95.8 cm³/mol. The molecule has 2 aromatic heterocycles. The Hall–Kier alpha value is -3.21. The molecule has 4 aromatic rings. The predicted octanol–water partition coefficient (Wildman–Crippen LogP) is 3.80. The lowest BCUT2D eigenvalue weighted by molar-refractivity contribution is 0.0951. The van der Waals surface area contributed by atoms with Crippen molar-refractivity contribution in [2.75, 3.05) is 0 Å². The number of hydrogen-bond acceptors (Lipinski definition) is 2. The zero-order valence-corrected chi connectivity index (χ0v) is 13.7. The van der Waals surface area contributed by atoms with Gasteiger partial charge in [0.1, 0.15) is 5.82 Å². The Bertz CT molecular complexity index is 1100. The highest BCUT2D eigenvalue weighted by Gasteiger charge is 2.12. The number of nitrogens with zero attached hydrogens (tertiary/aromatic N) is 2. The first kappa shape index (κ1) is 15.3. The van der Waals surface area contributed by atoms with Crippen molar-refractivity contribution in [3.8, 4) is 0 Å². The quantitative estimate of drug-likeness (QED) is 0.620. The first-order chi connectivity index (χ1) is 12.1. The van der Waals surface area contributed by atoms with Crippen molar-refractivity contribution in [3.05, 3.63) is 77.9 Å². The van der Waals surface area contributed by atoms with Crippen LogP contribution in [0.5, 0.6) is 0 Å². The minimum absolute atomic E-state index is 0.186. The van der Waals surface area contributed by atoms with Gasteiger partial charge in [0.15, 0.2) is 0 Å². The van der Waals surface area contributed by atoms with Crippen LogP contribution in [0.1, 0.15) is 15.9 Å². The fraction of sp³-hybridized carbons (Fsp3) is 0.100. The van der Waals surface area contributed by atoms with Crippen LogP contribution < -0.4 is 5.32 Å². The molecule has 0 saturated carbocycles. The molecule has 2 aromatic carbocycles. The summed E-state index contributed by atoms with van der Waals surface area (Å²) in [6.07, 6.45) is 3.58. The summed E-state index contributed by atoms with van der Waals surface area (Å²) in [6.45, 7) is 0.285. The van der Waals surface area contributed by atoms with Gasteiger partial charge in [0.25, 0.3) is 5.91 Å². The molecule has 0 aliphatic carbocycles. The minimum atomic E-state index is -0.308. The number of fused-ring (bicyclic) bond motifs is 3. The third-order valence-electron chi connectivity index (χ3n) is 4.41. The molecule has 0 fully saturated rings. The number of hydrogen-bond donors (Lipinski definition) is 1. The molecule has 4 rings (SSSR count). The number of benzene rings is 2. The van der Waals surface area contributed by atoms with Crippen molar-refractivity contribution in [3.63, 3.8) is 0 Å². The van der Waals surface area contributed by atoms with E-state index in [0.717, 1.165) is 27.4 Å². The van der Waals surface area contributed by atoms with E-state index in [-0.39, 0.29) is 18.3 Å². The van der Waals surface area contributed by atoms with Crippen LogP contribution in [0.4, 0.5) is 4.39 Å². The van der Waals surface area contributed by atoms with Crippen LogP contribution in [0.3, 0.4) is 0 Å². The standard InChI is InChI=1S/C20H16FN3O/c1-24-18-10-14(5-6-16(18)17-7-8-22-12-19(17)24)20(25)23-11-13-3-2-4-15(21)9-13/h2-10,12H,11H2,1H3,(H,23,25). The first-order valence-electron chi connectivity index (χ1n) is 7.98. The van der Waals surface area contributed by atoms with E-state index in [1.54, 1.807) is 18.3 Å². The van der Waals surface area contributed by atoms with Crippen LogP contribution in [0.25, 0.3) is 21.8 Å². The number of aryl methyl sites for hydroxylation is 1.